The summed E-state index contributed by atoms with van der Waals surface area (Å²) in [7, 11) is 1.53. The molecule has 2 aromatic carbocycles. The summed E-state index contributed by atoms with van der Waals surface area (Å²) in [6.07, 6.45) is 9.02. The summed E-state index contributed by atoms with van der Waals surface area (Å²) >= 11 is 0. The molecule has 0 atom stereocenters. The van der Waals surface area contributed by atoms with Gasteiger partial charge in [0.1, 0.15) is 28.1 Å². The van der Waals surface area contributed by atoms with Crippen LogP contribution in [0.4, 0.5) is 0 Å². The zero-order valence-electron chi connectivity index (χ0n) is 14.1. The molecule has 2 heterocycles. The Labute approximate surface area is 149 Å². The first-order valence-electron chi connectivity index (χ1n) is 8.18. The van der Waals surface area contributed by atoms with E-state index in [9.17, 15) is 4.79 Å². The first-order chi connectivity index (χ1) is 12.8. The van der Waals surface area contributed by atoms with Crippen LogP contribution in [0.25, 0.3) is 34.1 Å². The van der Waals surface area contributed by atoms with Crippen LogP contribution >= 0.6 is 0 Å². The lowest BCUT2D eigenvalue weighted by atomic mass is 10.1. The molecule has 0 saturated heterocycles. The molecule has 0 fully saturated rings. The number of hydrogen-bond acceptors (Lipinski definition) is 4. The van der Waals surface area contributed by atoms with Crippen molar-refractivity contribution in [2.24, 2.45) is 0 Å². The molecule has 0 N–H and O–H groups in total. The Morgan fingerprint density at radius 2 is 1.77 bits per heavy atom. The van der Waals surface area contributed by atoms with Gasteiger partial charge in [-0.05, 0) is 17.7 Å². The highest BCUT2D eigenvalue weighted by Crippen LogP contribution is 2.33. The average molecular weight is 344 g/mol. The molecule has 2 aromatic heterocycles. The molecule has 128 valence electrons. The summed E-state index contributed by atoms with van der Waals surface area (Å²) in [6.45, 7) is 0. The molecular formula is C22H16O4. The highest BCUT2D eigenvalue weighted by Gasteiger charge is 2.15. The number of benzene rings is 2. The van der Waals surface area contributed by atoms with Crippen LogP contribution < -0.4 is 10.2 Å². The van der Waals surface area contributed by atoms with Gasteiger partial charge in [-0.25, -0.2) is 0 Å². The molecule has 4 rings (SSSR count). The van der Waals surface area contributed by atoms with Gasteiger partial charge in [0.05, 0.1) is 18.8 Å². The zero-order valence-corrected chi connectivity index (χ0v) is 14.1. The molecule has 0 bridgehead atoms. The van der Waals surface area contributed by atoms with Gasteiger partial charge in [0, 0.05) is 12.1 Å². The van der Waals surface area contributed by atoms with Crippen LogP contribution in [0.15, 0.2) is 80.6 Å². The first-order valence-corrected chi connectivity index (χ1v) is 8.18. The third-order valence-electron chi connectivity index (χ3n) is 4.09. The normalized spacial score (nSPS) is 11.9. The highest BCUT2D eigenvalue weighted by molar-refractivity contribution is 6.01. The van der Waals surface area contributed by atoms with Gasteiger partial charge in [-0.15, -0.1) is 0 Å². The molecule has 0 aliphatic heterocycles. The Bertz CT molecular complexity index is 1180. The average Bonchev–Trinajstić information content (AvgIpc) is 3.12. The molecule has 0 aliphatic rings. The Balaban J connectivity index is 1.73. The van der Waals surface area contributed by atoms with E-state index in [1.165, 1.54) is 13.2 Å². The van der Waals surface area contributed by atoms with Crippen LogP contribution in [-0.4, -0.2) is 7.11 Å². The lowest BCUT2D eigenvalue weighted by molar-refractivity contribution is 0.423. The van der Waals surface area contributed by atoms with E-state index in [4.69, 9.17) is 13.6 Å². The molecule has 4 heteroatoms. The van der Waals surface area contributed by atoms with E-state index < -0.39 is 0 Å². The van der Waals surface area contributed by atoms with Crippen LogP contribution in [0.3, 0.4) is 0 Å². The lowest BCUT2D eigenvalue weighted by Gasteiger charge is -2.06. The fourth-order valence-corrected chi connectivity index (χ4v) is 2.91. The standard InChI is InChI=1S/C22H16O4/c1-24-22-17-11-12-25-19(17)14-20-21(22)18(23)13-16(26-20)10-6-5-9-15-7-3-2-4-8-15/h2-14H,1H3/b9-5+,10-6+. The minimum absolute atomic E-state index is 0.155. The van der Waals surface area contributed by atoms with Gasteiger partial charge in [-0.2, -0.15) is 0 Å². The molecule has 0 amide bonds. The van der Waals surface area contributed by atoms with Crippen LogP contribution in [0, 0.1) is 0 Å². The van der Waals surface area contributed by atoms with E-state index in [-0.39, 0.29) is 5.43 Å². The second kappa shape index (κ2) is 6.76. The molecule has 0 unspecified atom stereocenters. The molecule has 0 radical (unpaired) electrons. The summed E-state index contributed by atoms with van der Waals surface area (Å²) < 4.78 is 16.7. The molecular weight excluding hydrogens is 328 g/mol. The van der Waals surface area contributed by atoms with E-state index >= 15 is 0 Å². The summed E-state index contributed by atoms with van der Waals surface area (Å²) in [5, 5.41) is 1.17. The van der Waals surface area contributed by atoms with Crippen LogP contribution in [0.5, 0.6) is 5.75 Å². The highest BCUT2D eigenvalue weighted by atomic mass is 16.5. The fourth-order valence-electron chi connectivity index (χ4n) is 2.91. The van der Waals surface area contributed by atoms with Crippen LogP contribution in [0.2, 0.25) is 0 Å². The number of methoxy groups -OCH3 is 1. The topological polar surface area (TPSA) is 52.6 Å². The van der Waals surface area contributed by atoms with E-state index in [1.54, 1.807) is 24.5 Å². The SMILES string of the molecule is COc1c2ccoc2cc2oc(/C=C/C=C/c3ccccc3)cc(=O)c12. The molecule has 0 saturated carbocycles. The van der Waals surface area contributed by atoms with Crippen molar-refractivity contribution in [3.8, 4) is 5.75 Å². The molecule has 0 aliphatic carbocycles. The lowest BCUT2D eigenvalue weighted by Crippen LogP contribution is -2.03. The predicted octanol–water partition coefficient (Wildman–Crippen LogP) is 5.27. The third kappa shape index (κ3) is 2.93. The van der Waals surface area contributed by atoms with Crippen molar-refractivity contribution in [2.75, 3.05) is 7.11 Å². The maximum Gasteiger partial charge on any atom is 0.197 e. The molecule has 0 spiro atoms. The van der Waals surface area contributed by atoms with Crippen LogP contribution in [-0.2, 0) is 0 Å². The molecule has 26 heavy (non-hydrogen) atoms. The van der Waals surface area contributed by atoms with Gasteiger partial charge >= 0.3 is 0 Å². The van der Waals surface area contributed by atoms with Crippen molar-refractivity contribution >= 4 is 34.1 Å². The maximum absolute atomic E-state index is 12.6. The number of fused-ring (bicyclic) bond motifs is 2. The Morgan fingerprint density at radius 1 is 0.962 bits per heavy atom. The Hall–Kier alpha value is -3.53. The van der Waals surface area contributed by atoms with E-state index in [0.29, 0.717) is 28.1 Å². The zero-order chi connectivity index (χ0) is 17.9. The summed E-state index contributed by atoms with van der Waals surface area (Å²) in [4.78, 5) is 12.6. The smallest absolute Gasteiger partial charge is 0.197 e. The Morgan fingerprint density at radius 3 is 2.58 bits per heavy atom. The maximum atomic E-state index is 12.6. The second-order valence-corrected chi connectivity index (χ2v) is 5.76. The predicted molar refractivity (Wildman–Crippen MR) is 103 cm³/mol. The first kappa shape index (κ1) is 16.0. The summed E-state index contributed by atoms with van der Waals surface area (Å²) in [6, 6.07) is 14.9. The monoisotopic (exact) mass is 344 g/mol. The fraction of sp³-hybridized carbons (Fsp3) is 0.0455. The minimum atomic E-state index is -0.155. The summed E-state index contributed by atoms with van der Waals surface area (Å²) in [5.74, 6) is 0.938. The van der Waals surface area contributed by atoms with Crippen molar-refractivity contribution < 1.29 is 13.6 Å². The molecule has 4 nitrogen and oxygen atoms in total. The number of furan rings is 1. The second-order valence-electron chi connectivity index (χ2n) is 5.76. The third-order valence-corrected chi connectivity index (χ3v) is 4.09. The van der Waals surface area contributed by atoms with E-state index in [1.807, 2.05) is 48.6 Å². The number of ether oxygens (including phenoxy) is 1. The number of rotatable bonds is 4. The van der Waals surface area contributed by atoms with Crippen LogP contribution in [0.1, 0.15) is 11.3 Å². The quantitative estimate of drug-likeness (QED) is 0.473. The van der Waals surface area contributed by atoms with Crippen molar-refractivity contribution in [1.82, 2.24) is 0 Å². The van der Waals surface area contributed by atoms with E-state index in [2.05, 4.69) is 0 Å². The van der Waals surface area contributed by atoms with Gasteiger partial charge in [-0.1, -0.05) is 48.6 Å². The van der Waals surface area contributed by atoms with Gasteiger partial charge in [0.2, 0.25) is 0 Å². The number of allylic oxidation sites excluding steroid dienone is 2. The van der Waals surface area contributed by atoms with Crippen molar-refractivity contribution in [3.05, 3.63) is 88.5 Å². The van der Waals surface area contributed by atoms with Crippen molar-refractivity contribution in [2.45, 2.75) is 0 Å². The van der Waals surface area contributed by atoms with Gasteiger partial charge in [-0.3, -0.25) is 4.79 Å². The van der Waals surface area contributed by atoms with Gasteiger partial charge in [0.15, 0.2) is 5.43 Å². The van der Waals surface area contributed by atoms with Crippen molar-refractivity contribution in [1.29, 1.82) is 0 Å². The Kier molecular flexibility index (Phi) is 4.15. The van der Waals surface area contributed by atoms with Crippen molar-refractivity contribution in [3.63, 3.8) is 0 Å². The van der Waals surface area contributed by atoms with Gasteiger partial charge < -0.3 is 13.6 Å². The minimum Gasteiger partial charge on any atom is -0.495 e. The number of hydrogen-bond donors (Lipinski definition) is 0. The van der Waals surface area contributed by atoms with Gasteiger partial charge in [0.25, 0.3) is 0 Å². The molecule has 4 aromatic rings. The largest absolute Gasteiger partial charge is 0.495 e. The van der Waals surface area contributed by atoms with E-state index in [0.717, 1.165) is 10.9 Å². The summed E-state index contributed by atoms with van der Waals surface area (Å²) in [5.41, 5.74) is 1.99.